The summed E-state index contributed by atoms with van der Waals surface area (Å²) < 4.78 is 12.7. The average Bonchev–Trinajstić information content (AvgIpc) is 2.92. The third-order valence-corrected chi connectivity index (χ3v) is 3.18. The van der Waals surface area contributed by atoms with Gasteiger partial charge in [0, 0.05) is 12.1 Å². The third kappa shape index (κ3) is 4.62. The molecule has 1 aliphatic carbocycles. The highest BCUT2D eigenvalue weighted by Crippen LogP contribution is 2.19. The summed E-state index contributed by atoms with van der Waals surface area (Å²) in [6.07, 6.45) is 6.66. The van der Waals surface area contributed by atoms with Crippen LogP contribution in [0.3, 0.4) is 0 Å². The Balaban J connectivity index is 1.70. The Morgan fingerprint density at radius 2 is 2.05 bits per heavy atom. The van der Waals surface area contributed by atoms with E-state index >= 15 is 0 Å². The monoisotopic (exact) mass is 293 g/mol. The molecule has 1 aromatic carbocycles. The Morgan fingerprint density at radius 1 is 1.30 bits per heavy atom. The van der Waals surface area contributed by atoms with Gasteiger partial charge < -0.3 is 5.32 Å². The molecule has 0 aliphatic heterocycles. The summed E-state index contributed by atoms with van der Waals surface area (Å²) in [5.41, 5.74) is 5.81. The predicted octanol–water partition coefficient (Wildman–Crippen LogP) is 2.50. The summed E-state index contributed by atoms with van der Waals surface area (Å²) >= 11 is 5.03. The molecule has 0 bridgehead atoms. The second kappa shape index (κ2) is 7.00. The number of hydrogen-bond donors (Lipinski definition) is 3. The number of rotatable bonds is 3. The van der Waals surface area contributed by atoms with Crippen molar-refractivity contribution in [2.45, 2.75) is 19.3 Å². The fourth-order valence-electron chi connectivity index (χ4n) is 1.98. The molecule has 20 heavy (non-hydrogen) atoms. The van der Waals surface area contributed by atoms with Crippen LogP contribution in [0.2, 0.25) is 0 Å². The largest absolute Gasteiger partial charge is 0.331 e. The predicted molar refractivity (Wildman–Crippen MR) is 80.4 cm³/mol. The summed E-state index contributed by atoms with van der Waals surface area (Å²) in [6.45, 7) is 0. The number of carbonyl (C=O) groups is 1. The van der Waals surface area contributed by atoms with E-state index in [2.05, 4.69) is 28.3 Å². The minimum absolute atomic E-state index is 0.107. The van der Waals surface area contributed by atoms with E-state index in [-0.39, 0.29) is 16.8 Å². The molecule has 0 unspecified atom stereocenters. The molecule has 2 rings (SSSR count). The second-order valence-electron chi connectivity index (χ2n) is 4.60. The van der Waals surface area contributed by atoms with Crippen LogP contribution in [0.4, 0.5) is 10.1 Å². The first-order valence-electron chi connectivity index (χ1n) is 6.41. The van der Waals surface area contributed by atoms with Crippen LogP contribution in [0.15, 0.2) is 36.4 Å². The minimum Gasteiger partial charge on any atom is -0.331 e. The normalized spacial score (nSPS) is 16.8. The van der Waals surface area contributed by atoms with Crippen LogP contribution in [0.5, 0.6) is 0 Å². The van der Waals surface area contributed by atoms with E-state index in [4.69, 9.17) is 12.2 Å². The lowest BCUT2D eigenvalue weighted by atomic mass is 10.1. The van der Waals surface area contributed by atoms with Crippen molar-refractivity contribution in [2.75, 3.05) is 5.32 Å². The minimum atomic E-state index is -0.313. The number of amides is 1. The van der Waals surface area contributed by atoms with Gasteiger partial charge in [-0.2, -0.15) is 0 Å². The average molecular weight is 293 g/mol. The Bertz CT molecular complexity index is 516. The number of anilines is 1. The summed E-state index contributed by atoms with van der Waals surface area (Å²) in [5, 5.41) is 3.10. The van der Waals surface area contributed by atoms with Crippen LogP contribution >= 0.6 is 12.2 Å². The summed E-state index contributed by atoms with van der Waals surface area (Å²) in [6, 6.07) is 5.79. The first-order valence-corrected chi connectivity index (χ1v) is 6.82. The molecule has 0 saturated heterocycles. The summed E-state index contributed by atoms with van der Waals surface area (Å²) in [5.74, 6) is -0.104. The molecule has 0 aromatic heterocycles. The molecule has 0 saturated carbocycles. The van der Waals surface area contributed by atoms with Gasteiger partial charge in [0.15, 0.2) is 5.11 Å². The summed E-state index contributed by atoms with van der Waals surface area (Å²) in [7, 11) is 0. The molecule has 0 fully saturated rings. The van der Waals surface area contributed by atoms with Gasteiger partial charge in [-0.25, -0.2) is 4.39 Å². The number of carbonyl (C=O) groups excluding carboxylic acids is 1. The van der Waals surface area contributed by atoms with Crippen LogP contribution < -0.4 is 16.2 Å². The molecule has 6 heteroatoms. The lowest BCUT2D eigenvalue weighted by Crippen LogP contribution is -2.44. The van der Waals surface area contributed by atoms with E-state index in [1.54, 1.807) is 12.1 Å². The maximum atomic E-state index is 12.7. The van der Waals surface area contributed by atoms with Gasteiger partial charge >= 0.3 is 0 Å². The number of halogens is 1. The molecule has 4 nitrogen and oxygen atoms in total. The highest BCUT2D eigenvalue weighted by atomic mass is 32.1. The van der Waals surface area contributed by atoms with Gasteiger partial charge in [0.1, 0.15) is 5.82 Å². The van der Waals surface area contributed by atoms with E-state index in [0.717, 1.165) is 12.8 Å². The fraction of sp³-hybridized carbons (Fsp3) is 0.286. The quantitative estimate of drug-likeness (QED) is 0.455. The second-order valence-corrected chi connectivity index (χ2v) is 5.01. The fourth-order valence-corrected chi connectivity index (χ4v) is 2.15. The van der Waals surface area contributed by atoms with Crippen molar-refractivity contribution in [3.8, 4) is 0 Å². The molecule has 0 heterocycles. The number of allylic oxidation sites excluding steroid dienone is 2. The number of thiocarbonyl (C=S) groups is 1. The Kier molecular flexibility index (Phi) is 5.06. The van der Waals surface area contributed by atoms with Gasteiger partial charge in [-0.1, -0.05) is 12.2 Å². The molecule has 1 atom stereocenters. The van der Waals surface area contributed by atoms with E-state index in [0.29, 0.717) is 18.0 Å². The zero-order chi connectivity index (χ0) is 14.4. The van der Waals surface area contributed by atoms with E-state index in [1.165, 1.54) is 12.1 Å². The maximum Gasteiger partial charge on any atom is 0.238 e. The van der Waals surface area contributed by atoms with E-state index in [1.807, 2.05) is 0 Å². The Labute approximate surface area is 122 Å². The highest BCUT2D eigenvalue weighted by molar-refractivity contribution is 7.80. The highest BCUT2D eigenvalue weighted by Gasteiger charge is 2.13. The maximum absolute atomic E-state index is 12.7. The lowest BCUT2D eigenvalue weighted by Gasteiger charge is -2.13. The van der Waals surface area contributed by atoms with Gasteiger partial charge in [-0.15, -0.1) is 0 Å². The van der Waals surface area contributed by atoms with Crippen molar-refractivity contribution in [2.24, 2.45) is 5.92 Å². The standard InChI is InChI=1S/C14H16FN3OS/c15-11-5-7-12(8-6-11)16-14(20)18-17-13(19)9-10-3-1-2-4-10/h1,3,5-8,10H,2,4,9H2,(H,17,19)(H2,16,18,20)/t10-/m1/s1. The molecular formula is C14H16FN3OS. The van der Waals surface area contributed by atoms with E-state index in [9.17, 15) is 9.18 Å². The van der Waals surface area contributed by atoms with Crippen molar-refractivity contribution < 1.29 is 9.18 Å². The molecule has 1 aliphatic rings. The first kappa shape index (κ1) is 14.5. The van der Waals surface area contributed by atoms with Crippen molar-refractivity contribution in [3.05, 3.63) is 42.2 Å². The van der Waals surface area contributed by atoms with Crippen LogP contribution in [0, 0.1) is 11.7 Å². The van der Waals surface area contributed by atoms with Crippen LogP contribution in [0.25, 0.3) is 0 Å². The molecular weight excluding hydrogens is 277 g/mol. The zero-order valence-electron chi connectivity index (χ0n) is 10.9. The van der Waals surface area contributed by atoms with Crippen LogP contribution in [-0.2, 0) is 4.79 Å². The van der Waals surface area contributed by atoms with Crippen molar-refractivity contribution in [1.82, 2.24) is 10.9 Å². The lowest BCUT2D eigenvalue weighted by molar-refractivity contribution is -0.122. The topological polar surface area (TPSA) is 53.2 Å². The third-order valence-electron chi connectivity index (χ3n) is 2.98. The number of benzene rings is 1. The molecule has 3 N–H and O–H groups in total. The molecule has 0 spiro atoms. The Morgan fingerprint density at radius 3 is 2.70 bits per heavy atom. The SMILES string of the molecule is O=C(C[C@@H]1C=CCC1)NNC(=S)Nc1ccc(F)cc1. The summed E-state index contributed by atoms with van der Waals surface area (Å²) in [4.78, 5) is 11.7. The van der Waals surface area contributed by atoms with Gasteiger partial charge in [-0.05, 0) is 55.2 Å². The molecule has 0 radical (unpaired) electrons. The van der Waals surface area contributed by atoms with Crippen LogP contribution in [0.1, 0.15) is 19.3 Å². The number of hydrogen-bond acceptors (Lipinski definition) is 2. The zero-order valence-corrected chi connectivity index (χ0v) is 11.7. The number of nitrogens with one attached hydrogen (secondary N) is 3. The van der Waals surface area contributed by atoms with Gasteiger partial charge in [-0.3, -0.25) is 15.6 Å². The number of hydrazine groups is 1. The van der Waals surface area contributed by atoms with Gasteiger partial charge in [0.25, 0.3) is 0 Å². The first-order chi connectivity index (χ1) is 9.63. The molecule has 1 amide bonds. The van der Waals surface area contributed by atoms with Gasteiger partial charge in [0.2, 0.25) is 5.91 Å². The Hall–Kier alpha value is -1.95. The van der Waals surface area contributed by atoms with Crippen molar-refractivity contribution >= 4 is 28.9 Å². The van der Waals surface area contributed by atoms with Crippen LogP contribution in [-0.4, -0.2) is 11.0 Å². The molecule has 106 valence electrons. The van der Waals surface area contributed by atoms with Crippen molar-refractivity contribution in [3.63, 3.8) is 0 Å². The van der Waals surface area contributed by atoms with Crippen molar-refractivity contribution in [1.29, 1.82) is 0 Å². The van der Waals surface area contributed by atoms with E-state index < -0.39 is 0 Å². The van der Waals surface area contributed by atoms with Gasteiger partial charge in [0.05, 0.1) is 0 Å². The molecule has 1 aromatic rings. The smallest absolute Gasteiger partial charge is 0.238 e.